The Morgan fingerprint density at radius 3 is 1.35 bits per heavy atom. The summed E-state index contributed by atoms with van der Waals surface area (Å²) >= 11 is 0. The van der Waals surface area contributed by atoms with Crippen LogP contribution in [0.5, 0.6) is 0 Å². The van der Waals surface area contributed by atoms with Gasteiger partial charge in [0.2, 0.25) is 0 Å². The van der Waals surface area contributed by atoms with Gasteiger partial charge in [-0.3, -0.25) is 19.6 Å². The lowest BCUT2D eigenvalue weighted by Crippen LogP contribution is -2.33. The highest BCUT2D eigenvalue weighted by atomic mass is 16.1. The molecule has 0 bridgehead atoms. The number of hydrogen-bond acceptors (Lipinski definition) is 6. The minimum absolute atomic E-state index is 0. The number of carbonyl (C=O) groups is 2. The Morgan fingerprint density at radius 1 is 0.710 bits per heavy atom. The van der Waals surface area contributed by atoms with Gasteiger partial charge in [-0.05, 0) is 45.4 Å². The Hall–Kier alpha value is -2.00. The van der Waals surface area contributed by atoms with Crippen LogP contribution in [0, 0.1) is 11.8 Å². The highest BCUT2D eigenvalue weighted by molar-refractivity contribution is 5.85. The number of rotatable bonds is 14. The summed E-state index contributed by atoms with van der Waals surface area (Å²) in [5.74, 6) is 1.03. The predicted octanol–water partition coefficient (Wildman–Crippen LogP) is 1.70. The normalized spacial score (nSPS) is 13.0. The molecule has 0 aromatic carbocycles. The van der Waals surface area contributed by atoms with Gasteiger partial charge in [-0.15, -0.1) is 0 Å². The molecule has 0 radical (unpaired) electrons. The first-order valence-electron chi connectivity index (χ1n) is 10.8. The number of Topliss-reactive ketones (excluding diaryl/α,β-unsaturated/α-hetero) is 2. The Labute approximate surface area is 189 Å². The molecule has 0 heterocycles. The van der Waals surface area contributed by atoms with Crippen LogP contribution in [-0.2, 0) is 9.59 Å². The molecule has 9 heteroatoms. The first-order chi connectivity index (χ1) is 13.9. The average molecular weight is 444 g/mol. The van der Waals surface area contributed by atoms with E-state index >= 15 is 0 Å². The Bertz CT molecular complexity index is 490. The van der Waals surface area contributed by atoms with Crippen molar-refractivity contribution < 1.29 is 9.59 Å². The average Bonchev–Trinajstić information content (AvgIpc) is 2.65. The first-order valence-corrected chi connectivity index (χ1v) is 10.8. The zero-order valence-electron chi connectivity index (χ0n) is 19.6. The van der Waals surface area contributed by atoms with Gasteiger partial charge in [0, 0.05) is 24.9 Å². The van der Waals surface area contributed by atoms with Crippen molar-refractivity contribution in [1.29, 1.82) is 0 Å². The number of nitrogens with zero attached hydrogens (tertiary/aromatic N) is 2. The second-order valence-electron chi connectivity index (χ2n) is 8.15. The monoisotopic (exact) mass is 443 g/mol. The van der Waals surface area contributed by atoms with Crippen molar-refractivity contribution in [2.75, 3.05) is 13.1 Å². The van der Waals surface area contributed by atoms with Gasteiger partial charge >= 0.3 is 0 Å². The molecular formula is C22H49N7O2. The van der Waals surface area contributed by atoms with Crippen LogP contribution in [0.25, 0.3) is 0 Å². The Balaban J connectivity index is -0.000000490. The smallest absolute Gasteiger partial charge is 0.185 e. The SMILES string of the molecule is C.CC(C)C(=O)[C@@H](N)CCCCN=C(N)N.CC(N)=NCCCC[C@@H](N)C(=O)C(C)C. The van der Waals surface area contributed by atoms with E-state index in [4.69, 9.17) is 28.7 Å². The number of carbonyl (C=O) groups excluding carboxylic acids is 2. The van der Waals surface area contributed by atoms with Gasteiger partial charge in [0.25, 0.3) is 0 Å². The summed E-state index contributed by atoms with van der Waals surface area (Å²) in [5.41, 5.74) is 27.2. The van der Waals surface area contributed by atoms with Crippen LogP contribution < -0.4 is 28.7 Å². The third-order valence-corrected chi connectivity index (χ3v) is 4.37. The molecule has 0 spiro atoms. The largest absolute Gasteiger partial charge is 0.388 e. The van der Waals surface area contributed by atoms with Crippen LogP contribution in [0.1, 0.15) is 80.6 Å². The molecule has 0 rings (SSSR count). The number of amidine groups is 1. The van der Waals surface area contributed by atoms with E-state index in [0.29, 0.717) is 18.8 Å². The van der Waals surface area contributed by atoms with E-state index in [0.717, 1.165) is 38.6 Å². The number of aliphatic imine (C=N–C) groups is 2. The summed E-state index contributed by atoms with van der Waals surface area (Å²) in [5, 5.41) is 0. The van der Waals surface area contributed by atoms with Crippen LogP contribution >= 0.6 is 0 Å². The van der Waals surface area contributed by atoms with Gasteiger partial charge in [-0.1, -0.05) is 35.1 Å². The number of unbranched alkanes of at least 4 members (excludes halogenated alkanes) is 2. The second kappa shape index (κ2) is 19.9. The summed E-state index contributed by atoms with van der Waals surface area (Å²) in [7, 11) is 0. The summed E-state index contributed by atoms with van der Waals surface area (Å²) in [6.07, 6.45) is 5.05. The van der Waals surface area contributed by atoms with Crippen LogP contribution in [0.15, 0.2) is 9.98 Å². The van der Waals surface area contributed by atoms with Gasteiger partial charge in [0.05, 0.1) is 17.9 Å². The van der Waals surface area contributed by atoms with Crippen molar-refractivity contribution in [3.8, 4) is 0 Å². The van der Waals surface area contributed by atoms with E-state index in [1.165, 1.54) is 0 Å². The fourth-order valence-electron chi connectivity index (χ4n) is 2.56. The molecule has 2 atom stereocenters. The van der Waals surface area contributed by atoms with Crippen molar-refractivity contribution in [2.45, 2.75) is 92.7 Å². The second-order valence-corrected chi connectivity index (χ2v) is 8.15. The topological polar surface area (TPSA) is 189 Å². The predicted molar refractivity (Wildman–Crippen MR) is 133 cm³/mol. The minimum atomic E-state index is -0.343. The molecule has 31 heavy (non-hydrogen) atoms. The lowest BCUT2D eigenvalue weighted by molar-refractivity contribution is -0.124. The van der Waals surface area contributed by atoms with Gasteiger partial charge in [-0.2, -0.15) is 0 Å². The molecule has 0 amide bonds. The summed E-state index contributed by atoms with van der Waals surface area (Å²) in [6, 6.07) is -0.655. The molecule has 0 aromatic heterocycles. The Kier molecular flexibility index (Phi) is 21.6. The summed E-state index contributed by atoms with van der Waals surface area (Å²) < 4.78 is 0. The van der Waals surface area contributed by atoms with E-state index in [1.54, 1.807) is 6.92 Å². The number of nitrogens with two attached hydrogens (primary N) is 5. The molecular weight excluding hydrogens is 394 g/mol. The van der Waals surface area contributed by atoms with Crippen molar-refractivity contribution >= 4 is 23.4 Å². The summed E-state index contributed by atoms with van der Waals surface area (Å²) in [6.45, 7) is 10.6. The van der Waals surface area contributed by atoms with E-state index in [9.17, 15) is 9.59 Å². The number of guanidine groups is 1. The van der Waals surface area contributed by atoms with E-state index < -0.39 is 0 Å². The van der Waals surface area contributed by atoms with Gasteiger partial charge in [-0.25, -0.2) is 0 Å². The third kappa shape index (κ3) is 21.0. The summed E-state index contributed by atoms with van der Waals surface area (Å²) in [4.78, 5) is 30.8. The molecule has 184 valence electrons. The van der Waals surface area contributed by atoms with E-state index in [1.807, 2.05) is 27.7 Å². The standard InChI is InChI=1S/C11H23N3O.C10H22N4O.CH4/c1-8(2)11(15)10(13)6-4-5-7-14-9(3)12;1-7(2)9(15)8(11)5-3-4-6-14-10(12)13;/h8,10H,4-7,13H2,1-3H3,(H2,12,14);7-8H,3-6,11H2,1-2H3,(H4,12,13,14);1H4/t10-;8-;/m10./s1. The van der Waals surface area contributed by atoms with E-state index in [2.05, 4.69) is 9.98 Å². The fraction of sp³-hybridized carbons (Fsp3) is 0.818. The molecule has 0 saturated carbocycles. The van der Waals surface area contributed by atoms with Crippen molar-refractivity contribution in [1.82, 2.24) is 0 Å². The molecule has 0 saturated heterocycles. The number of hydrogen-bond donors (Lipinski definition) is 5. The van der Waals surface area contributed by atoms with Gasteiger partial charge in [0.15, 0.2) is 17.5 Å². The lowest BCUT2D eigenvalue weighted by atomic mass is 9.98. The zero-order chi connectivity index (χ0) is 23.7. The quantitative estimate of drug-likeness (QED) is 0.153. The maximum Gasteiger partial charge on any atom is 0.185 e. The molecule has 0 fully saturated rings. The maximum atomic E-state index is 11.4. The van der Waals surface area contributed by atoms with Crippen molar-refractivity contribution in [3.05, 3.63) is 0 Å². The van der Waals surface area contributed by atoms with Crippen LogP contribution in [0.3, 0.4) is 0 Å². The molecule has 10 N–H and O–H groups in total. The maximum absolute atomic E-state index is 11.4. The highest BCUT2D eigenvalue weighted by Crippen LogP contribution is 2.06. The first kappa shape index (κ1) is 33.6. The minimum Gasteiger partial charge on any atom is -0.388 e. The zero-order valence-corrected chi connectivity index (χ0v) is 19.6. The molecule has 0 aliphatic heterocycles. The van der Waals surface area contributed by atoms with Gasteiger partial charge in [0.1, 0.15) is 0 Å². The van der Waals surface area contributed by atoms with Gasteiger partial charge < -0.3 is 28.7 Å². The van der Waals surface area contributed by atoms with Crippen molar-refractivity contribution in [2.24, 2.45) is 50.5 Å². The van der Waals surface area contributed by atoms with Crippen molar-refractivity contribution in [3.63, 3.8) is 0 Å². The number of ketones is 2. The van der Waals surface area contributed by atoms with E-state index in [-0.39, 0.29) is 48.9 Å². The van der Waals surface area contributed by atoms with Crippen LogP contribution in [0.4, 0.5) is 0 Å². The Morgan fingerprint density at radius 2 is 1.06 bits per heavy atom. The van der Waals surface area contributed by atoms with Crippen LogP contribution in [-0.4, -0.2) is 48.5 Å². The molecule has 0 aliphatic rings. The molecule has 9 nitrogen and oxygen atoms in total. The molecule has 0 aliphatic carbocycles. The highest BCUT2D eigenvalue weighted by Gasteiger charge is 2.16. The molecule has 0 aromatic rings. The lowest BCUT2D eigenvalue weighted by Gasteiger charge is -2.12. The van der Waals surface area contributed by atoms with Crippen LogP contribution in [0.2, 0.25) is 0 Å². The molecule has 0 unspecified atom stereocenters. The fourth-order valence-corrected chi connectivity index (χ4v) is 2.56. The third-order valence-electron chi connectivity index (χ3n) is 4.37.